The highest BCUT2D eigenvalue weighted by atomic mass is 32.2. The Morgan fingerprint density at radius 3 is 2.58 bits per heavy atom. The maximum absolute atomic E-state index is 12.4. The summed E-state index contributed by atoms with van der Waals surface area (Å²) in [4.78, 5) is 0.321. The van der Waals surface area contributed by atoms with E-state index in [1.165, 1.54) is 0 Å². The van der Waals surface area contributed by atoms with Gasteiger partial charge in [0.1, 0.15) is 12.4 Å². The fourth-order valence-electron chi connectivity index (χ4n) is 2.15. The van der Waals surface area contributed by atoms with E-state index in [9.17, 15) is 8.42 Å². The molecule has 106 valence electrons. The van der Waals surface area contributed by atoms with Crippen molar-refractivity contribution in [2.24, 2.45) is 11.7 Å². The topological polar surface area (TPSA) is 72.6 Å². The molecule has 1 unspecified atom stereocenters. The van der Waals surface area contributed by atoms with Crippen LogP contribution in [0.15, 0.2) is 29.2 Å². The van der Waals surface area contributed by atoms with E-state index in [-0.39, 0.29) is 0 Å². The molecule has 1 fully saturated rings. The third-order valence-electron chi connectivity index (χ3n) is 3.23. The quantitative estimate of drug-likeness (QED) is 0.877. The van der Waals surface area contributed by atoms with Gasteiger partial charge in [-0.15, -0.1) is 0 Å². The smallest absolute Gasteiger partial charge is 0.243 e. The lowest BCUT2D eigenvalue weighted by Gasteiger charge is -2.16. The molecule has 2 N–H and O–H groups in total. The van der Waals surface area contributed by atoms with Gasteiger partial charge in [-0.2, -0.15) is 4.31 Å². The van der Waals surface area contributed by atoms with Crippen LogP contribution in [0.1, 0.15) is 13.3 Å². The van der Waals surface area contributed by atoms with Crippen molar-refractivity contribution in [2.75, 3.05) is 26.2 Å². The highest BCUT2D eigenvalue weighted by Gasteiger charge is 2.30. The summed E-state index contributed by atoms with van der Waals surface area (Å²) < 4.78 is 31.6. The second-order valence-electron chi connectivity index (χ2n) is 4.87. The molecule has 5 nitrogen and oxygen atoms in total. The maximum Gasteiger partial charge on any atom is 0.243 e. The number of hydrogen-bond acceptors (Lipinski definition) is 4. The Kier molecular flexibility index (Phi) is 4.44. The summed E-state index contributed by atoms with van der Waals surface area (Å²) in [6.07, 6.45) is 0.928. The summed E-state index contributed by atoms with van der Waals surface area (Å²) in [6.45, 7) is 4.14. The van der Waals surface area contributed by atoms with E-state index in [1.807, 2.05) is 0 Å². The average Bonchev–Trinajstić information content (AvgIpc) is 2.84. The predicted octanol–water partition coefficient (Wildman–Crippen LogP) is 1.05. The van der Waals surface area contributed by atoms with Gasteiger partial charge in [-0.25, -0.2) is 8.42 Å². The Labute approximate surface area is 114 Å². The molecule has 1 aliphatic rings. The van der Waals surface area contributed by atoms with Crippen molar-refractivity contribution in [1.29, 1.82) is 0 Å². The van der Waals surface area contributed by atoms with Crippen LogP contribution >= 0.6 is 0 Å². The van der Waals surface area contributed by atoms with E-state index in [0.717, 1.165) is 6.42 Å². The van der Waals surface area contributed by atoms with Crippen LogP contribution in [0.3, 0.4) is 0 Å². The van der Waals surface area contributed by atoms with Gasteiger partial charge in [0.2, 0.25) is 10.0 Å². The Hall–Kier alpha value is -1.11. The first kappa shape index (κ1) is 14.3. The molecule has 1 heterocycles. The number of nitrogens with zero attached hydrogens (tertiary/aromatic N) is 1. The molecule has 1 saturated heterocycles. The van der Waals surface area contributed by atoms with E-state index < -0.39 is 10.0 Å². The molecule has 0 aromatic heterocycles. The Bertz CT molecular complexity index is 513. The van der Waals surface area contributed by atoms with E-state index in [2.05, 4.69) is 6.92 Å². The number of nitrogens with two attached hydrogens (primary N) is 1. The minimum Gasteiger partial charge on any atom is -0.492 e. The summed E-state index contributed by atoms with van der Waals surface area (Å²) in [6, 6.07) is 6.51. The summed E-state index contributed by atoms with van der Waals surface area (Å²) >= 11 is 0. The number of hydrogen-bond donors (Lipinski definition) is 1. The molecule has 0 aliphatic carbocycles. The van der Waals surface area contributed by atoms with Crippen LogP contribution in [0, 0.1) is 5.92 Å². The number of sulfonamides is 1. The molecular formula is C13H20N2O3S. The maximum atomic E-state index is 12.4. The van der Waals surface area contributed by atoms with Gasteiger partial charge < -0.3 is 10.5 Å². The summed E-state index contributed by atoms with van der Waals surface area (Å²) in [5.74, 6) is 1.07. The molecule has 6 heteroatoms. The monoisotopic (exact) mass is 284 g/mol. The van der Waals surface area contributed by atoms with Gasteiger partial charge in [-0.3, -0.25) is 0 Å². The normalized spacial score (nSPS) is 20.6. The van der Waals surface area contributed by atoms with Crippen LogP contribution in [0.4, 0.5) is 0 Å². The van der Waals surface area contributed by atoms with Gasteiger partial charge in [0.15, 0.2) is 0 Å². The predicted molar refractivity (Wildman–Crippen MR) is 73.5 cm³/mol. The molecule has 19 heavy (non-hydrogen) atoms. The second-order valence-corrected chi connectivity index (χ2v) is 6.80. The summed E-state index contributed by atoms with van der Waals surface area (Å²) in [5.41, 5.74) is 5.34. The highest BCUT2D eigenvalue weighted by Crippen LogP contribution is 2.25. The first-order valence-electron chi connectivity index (χ1n) is 6.47. The first-order valence-corrected chi connectivity index (χ1v) is 7.91. The van der Waals surface area contributed by atoms with Crippen LogP contribution in [-0.4, -0.2) is 39.0 Å². The molecule has 0 amide bonds. The zero-order valence-corrected chi connectivity index (χ0v) is 11.9. The van der Waals surface area contributed by atoms with Crippen LogP contribution in [0.25, 0.3) is 0 Å². The standard InChI is InChI=1S/C13H20N2O3S/c1-11-6-8-15(10-11)19(16,17)13-4-2-12(3-5-13)18-9-7-14/h2-5,11H,6-10,14H2,1H3. The van der Waals surface area contributed by atoms with Crippen LogP contribution in [0.5, 0.6) is 5.75 Å². The molecule has 1 aliphatic heterocycles. The van der Waals surface area contributed by atoms with Crippen molar-refractivity contribution < 1.29 is 13.2 Å². The van der Waals surface area contributed by atoms with E-state index in [0.29, 0.717) is 42.8 Å². The van der Waals surface area contributed by atoms with Crippen molar-refractivity contribution in [3.05, 3.63) is 24.3 Å². The van der Waals surface area contributed by atoms with Crippen molar-refractivity contribution >= 4 is 10.0 Å². The molecule has 1 aromatic carbocycles. The molecule has 1 aromatic rings. The van der Waals surface area contributed by atoms with Gasteiger partial charge in [0, 0.05) is 19.6 Å². The zero-order valence-electron chi connectivity index (χ0n) is 11.1. The zero-order chi connectivity index (χ0) is 13.9. The van der Waals surface area contributed by atoms with Crippen molar-refractivity contribution in [1.82, 2.24) is 4.31 Å². The minimum absolute atomic E-state index is 0.321. The Morgan fingerprint density at radius 1 is 1.37 bits per heavy atom. The summed E-state index contributed by atoms with van der Waals surface area (Å²) in [5, 5.41) is 0. The molecule has 1 atom stereocenters. The van der Waals surface area contributed by atoms with Crippen molar-refractivity contribution in [2.45, 2.75) is 18.2 Å². The molecule has 0 radical (unpaired) electrons. The SMILES string of the molecule is CC1CCN(S(=O)(=O)c2ccc(OCCN)cc2)C1. The van der Waals surface area contributed by atoms with Crippen LogP contribution < -0.4 is 10.5 Å². The Balaban J connectivity index is 2.12. The van der Waals surface area contributed by atoms with Gasteiger partial charge in [0.05, 0.1) is 4.90 Å². The molecule has 0 saturated carbocycles. The largest absolute Gasteiger partial charge is 0.492 e. The van der Waals surface area contributed by atoms with Crippen molar-refractivity contribution in [3.8, 4) is 5.75 Å². The number of benzene rings is 1. The molecule has 2 rings (SSSR count). The van der Waals surface area contributed by atoms with Gasteiger partial charge in [0.25, 0.3) is 0 Å². The molecular weight excluding hydrogens is 264 g/mol. The highest BCUT2D eigenvalue weighted by molar-refractivity contribution is 7.89. The Morgan fingerprint density at radius 2 is 2.05 bits per heavy atom. The fraction of sp³-hybridized carbons (Fsp3) is 0.538. The lowest BCUT2D eigenvalue weighted by atomic mass is 10.2. The number of rotatable bonds is 5. The fourth-order valence-corrected chi connectivity index (χ4v) is 3.72. The third kappa shape index (κ3) is 3.26. The van der Waals surface area contributed by atoms with E-state index in [1.54, 1.807) is 28.6 Å². The van der Waals surface area contributed by atoms with Gasteiger partial charge in [-0.1, -0.05) is 6.92 Å². The summed E-state index contributed by atoms with van der Waals surface area (Å²) in [7, 11) is -3.36. The minimum atomic E-state index is -3.36. The average molecular weight is 284 g/mol. The number of ether oxygens (including phenoxy) is 1. The van der Waals surface area contributed by atoms with Crippen LogP contribution in [0.2, 0.25) is 0 Å². The molecule has 0 spiro atoms. The lowest BCUT2D eigenvalue weighted by molar-refractivity contribution is 0.328. The van der Waals surface area contributed by atoms with Gasteiger partial charge >= 0.3 is 0 Å². The van der Waals surface area contributed by atoms with Crippen LogP contribution in [-0.2, 0) is 10.0 Å². The second kappa shape index (κ2) is 5.90. The van der Waals surface area contributed by atoms with Gasteiger partial charge in [-0.05, 0) is 36.6 Å². The third-order valence-corrected chi connectivity index (χ3v) is 5.11. The lowest BCUT2D eigenvalue weighted by Crippen LogP contribution is -2.28. The molecule has 0 bridgehead atoms. The van der Waals surface area contributed by atoms with E-state index >= 15 is 0 Å². The van der Waals surface area contributed by atoms with Crippen molar-refractivity contribution in [3.63, 3.8) is 0 Å². The first-order chi connectivity index (χ1) is 9.04. The van der Waals surface area contributed by atoms with E-state index in [4.69, 9.17) is 10.5 Å².